The predicted octanol–water partition coefficient (Wildman–Crippen LogP) is 3.77. The zero-order valence-corrected chi connectivity index (χ0v) is 14.4. The molecule has 3 nitrogen and oxygen atoms in total. The van der Waals surface area contributed by atoms with Crippen LogP contribution in [-0.2, 0) is 12.7 Å². The highest BCUT2D eigenvalue weighted by atomic mass is 127. The fourth-order valence-corrected chi connectivity index (χ4v) is 1.57. The van der Waals surface area contributed by atoms with E-state index >= 15 is 0 Å². The van der Waals surface area contributed by atoms with Crippen molar-refractivity contribution in [1.82, 2.24) is 5.32 Å². The fourth-order valence-electron chi connectivity index (χ4n) is 1.57. The summed E-state index contributed by atoms with van der Waals surface area (Å²) in [5.41, 5.74) is 5.46. The van der Waals surface area contributed by atoms with Crippen molar-refractivity contribution in [3.63, 3.8) is 0 Å². The van der Waals surface area contributed by atoms with E-state index in [1.807, 2.05) is 0 Å². The van der Waals surface area contributed by atoms with Crippen LogP contribution in [0.15, 0.2) is 29.3 Å². The Balaban J connectivity index is 0.00000400. The molecule has 21 heavy (non-hydrogen) atoms. The summed E-state index contributed by atoms with van der Waals surface area (Å²) in [6.45, 7) is 5.02. The quantitative estimate of drug-likeness (QED) is 0.437. The molecule has 1 aromatic carbocycles. The highest BCUT2D eigenvalue weighted by molar-refractivity contribution is 14.0. The Labute approximate surface area is 140 Å². The molecule has 7 heteroatoms. The van der Waals surface area contributed by atoms with Gasteiger partial charge >= 0.3 is 6.18 Å². The van der Waals surface area contributed by atoms with Gasteiger partial charge in [-0.3, -0.25) is 0 Å². The predicted molar refractivity (Wildman–Crippen MR) is 89.6 cm³/mol. The summed E-state index contributed by atoms with van der Waals surface area (Å²) in [5.74, 6) is 0.807. The molecule has 0 heterocycles. The Morgan fingerprint density at radius 3 is 2.57 bits per heavy atom. The average molecular weight is 415 g/mol. The SMILES string of the molecule is CC(C)CCNC(N)=NCc1cccc(C(F)(F)F)c1.I. The lowest BCUT2D eigenvalue weighted by atomic mass is 10.1. The molecule has 0 saturated heterocycles. The lowest BCUT2D eigenvalue weighted by molar-refractivity contribution is -0.137. The molecule has 1 aromatic rings. The molecule has 0 radical (unpaired) electrons. The third-order valence-electron chi connectivity index (χ3n) is 2.71. The number of alkyl halides is 3. The lowest BCUT2D eigenvalue weighted by Gasteiger charge is -2.09. The Morgan fingerprint density at radius 2 is 2.00 bits per heavy atom. The first-order valence-corrected chi connectivity index (χ1v) is 6.49. The highest BCUT2D eigenvalue weighted by Crippen LogP contribution is 2.29. The van der Waals surface area contributed by atoms with E-state index in [0.717, 1.165) is 18.6 Å². The summed E-state index contributed by atoms with van der Waals surface area (Å²) in [4.78, 5) is 4.03. The van der Waals surface area contributed by atoms with E-state index in [9.17, 15) is 13.2 Å². The van der Waals surface area contributed by atoms with Gasteiger partial charge in [-0.25, -0.2) is 4.99 Å². The maximum atomic E-state index is 12.5. The smallest absolute Gasteiger partial charge is 0.370 e. The fraction of sp³-hybridized carbons (Fsp3) is 0.500. The zero-order chi connectivity index (χ0) is 15.2. The Morgan fingerprint density at radius 1 is 1.33 bits per heavy atom. The van der Waals surface area contributed by atoms with E-state index in [2.05, 4.69) is 24.2 Å². The highest BCUT2D eigenvalue weighted by Gasteiger charge is 2.30. The minimum absolute atomic E-state index is 0. The molecular formula is C14H21F3IN3. The van der Waals surface area contributed by atoms with Crippen LogP contribution in [0, 0.1) is 5.92 Å². The molecule has 120 valence electrons. The average Bonchev–Trinajstić information content (AvgIpc) is 2.35. The van der Waals surface area contributed by atoms with Gasteiger partial charge in [-0.15, -0.1) is 24.0 Å². The second-order valence-corrected chi connectivity index (χ2v) is 5.01. The summed E-state index contributed by atoms with van der Waals surface area (Å²) >= 11 is 0. The number of nitrogens with zero attached hydrogens (tertiary/aromatic N) is 1. The second kappa shape index (κ2) is 9.11. The minimum Gasteiger partial charge on any atom is -0.370 e. The number of hydrogen-bond donors (Lipinski definition) is 2. The molecule has 0 aliphatic heterocycles. The topological polar surface area (TPSA) is 50.4 Å². The van der Waals surface area contributed by atoms with E-state index in [-0.39, 0.29) is 36.5 Å². The molecule has 1 rings (SSSR count). The van der Waals surface area contributed by atoms with Crippen molar-refractivity contribution in [3.05, 3.63) is 35.4 Å². The summed E-state index contributed by atoms with van der Waals surface area (Å²) in [6, 6.07) is 5.10. The minimum atomic E-state index is -4.33. The van der Waals surface area contributed by atoms with Gasteiger partial charge in [0, 0.05) is 6.54 Å². The number of hydrogen-bond acceptors (Lipinski definition) is 1. The van der Waals surface area contributed by atoms with E-state index in [1.54, 1.807) is 6.07 Å². The Bertz CT molecular complexity index is 459. The van der Waals surface area contributed by atoms with Gasteiger partial charge in [0.15, 0.2) is 5.96 Å². The van der Waals surface area contributed by atoms with Crippen LogP contribution in [0.1, 0.15) is 31.4 Å². The van der Waals surface area contributed by atoms with Crippen molar-refractivity contribution in [2.24, 2.45) is 16.6 Å². The molecular weight excluding hydrogens is 394 g/mol. The van der Waals surface area contributed by atoms with Gasteiger partial charge in [-0.2, -0.15) is 13.2 Å². The Kier molecular flexibility index (Phi) is 8.68. The van der Waals surface area contributed by atoms with Gasteiger partial charge in [0.05, 0.1) is 12.1 Å². The monoisotopic (exact) mass is 415 g/mol. The first kappa shape index (κ1) is 20.0. The first-order chi connectivity index (χ1) is 9.29. The first-order valence-electron chi connectivity index (χ1n) is 6.49. The van der Waals surface area contributed by atoms with Crippen molar-refractivity contribution < 1.29 is 13.2 Å². The van der Waals surface area contributed by atoms with Gasteiger partial charge < -0.3 is 11.1 Å². The van der Waals surface area contributed by atoms with Crippen molar-refractivity contribution in [3.8, 4) is 0 Å². The van der Waals surface area contributed by atoms with Crippen LogP contribution in [0.4, 0.5) is 13.2 Å². The van der Waals surface area contributed by atoms with Crippen LogP contribution in [-0.4, -0.2) is 12.5 Å². The van der Waals surface area contributed by atoms with Crippen molar-refractivity contribution in [1.29, 1.82) is 0 Å². The molecule has 0 fully saturated rings. The van der Waals surface area contributed by atoms with Crippen molar-refractivity contribution in [2.45, 2.75) is 33.0 Å². The third-order valence-corrected chi connectivity index (χ3v) is 2.71. The van der Waals surface area contributed by atoms with E-state index in [1.165, 1.54) is 6.07 Å². The van der Waals surface area contributed by atoms with Gasteiger partial charge in [0.2, 0.25) is 0 Å². The van der Waals surface area contributed by atoms with Gasteiger partial charge in [-0.05, 0) is 30.0 Å². The van der Waals surface area contributed by atoms with Crippen LogP contribution in [0.2, 0.25) is 0 Å². The zero-order valence-electron chi connectivity index (χ0n) is 12.1. The molecule has 0 saturated carbocycles. The number of halogens is 4. The van der Waals surface area contributed by atoms with Crippen molar-refractivity contribution in [2.75, 3.05) is 6.54 Å². The van der Waals surface area contributed by atoms with E-state index in [0.29, 0.717) is 18.0 Å². The summed E-state index contributed by atoms with van der Waals surface area (Å²) < 4.78 is 37.6. The largest absolute Gasteiger partial charge is 0.416 e. The normalized spacial score (nSPS) is 12.2. The summed E-state index contributed by atoms with van der Waals surface area (Å²) in [5, 5.41) is 2.93. The number of rotatable bonds is 5. The van der Waals surface area contributed by atoms with Gasteiger partial charge in [0.25, 0.3) is 0 Å². The number of nitrogens with two attached hydrogens (primary N) is 1. The maximum absolute atomic E-state index is 12.5. The molecule has 0 amide bonds. The number of benzene rings is 1. The van der Waals surface area contributed by atoms with Crippen molar-refractivity contribution >= 4 is 29.9 Å². The number of nitrogens with one attached hydrogen (secondary N) is 1. The van der Waals surface area contributed by atoms with Crippen LogP contribution in [0.5, 0.6) is 0 Å². The second-order valence-electron chi connectivity index (χ2n) is 5.01. The van der Waals surface area contributed by atoms with Gasteiger partial charge in [-0.1, -0.05) is 26.0 Å². The van der Waals surface area contributed by atoms with Crippen LogP contribution < -0.4 is 11.1 Å². The maximum Gasteiger partial charge on any atom is 0.416 e. The molecule has 0 aliphatic rings. The lowest BCUT2D eigenvalue weighted by Crippen LogP contribution is -2.32. The number of aliphatic imine (C=N–C) groups is 1. The number of guanidine groups is 1. The van der Waals surface area contributed by atoms with E-state index < -0.39 is 11.7 Å². The summed E-state index contributed by atoms with van der Waals surface area (Å²) in [7, 11) is 0. The van der Waals surface area contributed by atoms with Crippen LogP contribution in [0.25, 0.3) is 0 Å². The Hall–Kier alpha value is -0.990. The third kappa shape index (κ3) is 8.13. The molecule has 0 unspecified atom stereocenters. The molecule has 0 bridgehead atoms. The van der Waals surface area contributed by atoms with Crippen LogP contribution >= 0.6 is 24.0 Å². The molecule has 0 spiro atoms. The molecule has 0 atom stereocenters. The standard InChI is InChI=1S/C14H20F3N3.HI/c1-10(2)6-7-19-13(18)20-9-11-4-3-5-12(8-11)14(15,16)17;/h3-5,8,10H,6-7,9H2,1-2H3,(H3,18,19,20);1H. The van der Waals surface area contributed by atoms with Gasteiger partial charge in [0.1, 0.15) is 0 Å². The molecule has 0 aliphatic carbocycles. The van der Waals surface area contributed by atoms with Crippen LogP contribution in [0.3, 0.4) is 0 Å². The molecule has 3 N–H and O–H groups in total. The van der Waals surface area contributed by atoms with E-state index in [4.69, 9.17) is 5.73 Å². The summed E-state index contributed by atoms with van der Waals surface area (Å²) in [6.07, 6.45) is -3.37. The molecule has 0 aromatic heterocycles.